The third-order valence-corrected chi connectivity index (χ3v) is 2.09. The second-order valence-electron chi connectivity index (χ2n) is 3.30. The number of halogens is 3. The fraction of sp³-hybridized carbons (Fsp3) is 0.750. The number of hydrogen-bond acceptors (Lipinski definition) is 3. The second kappa shape index (κ2) is 4.69. The standard InChI is InChI=1S/C8H12F3NO4/c1-4(16-3)5(13)12-7(2,6(14)15)8(9,10)11/h4H,1-3H3,(H,12,13)(H,14,15). The average molecular weight is 243 g/mol. The average Bonchev–Trinajstić information content (AvgIpc) is 2.14. The highest BCUT2D eigenvalue weighted by Gasteiger charge is 2.58. The molecule has 94 valence electrons. The molecule has 2 unspecified atom stereocenters. The number of hydrogen-bond donors (Lipinski definition) is 2. The molecule has 5 nitrogen and oxygen atoms in total. The maximum atomic E-state index is 12.4. The molecule has 16 heavy (non-hydrogen) atoms. The van der Waals surface area contributed by atoms with Crippen molar-refractivity contribution in [3.8, 4) is 0 Å². The molecular weight excluding hydrogens is 231 g/mol. The summed E-state index contributed by atoms with van der Waals surface area (Å²) >= 11 is 0. The molecule has 0 radical (unpaired) electrons. The number of nitrogens with one attached hydrogen (secondary N) is 1. The van der Waals surface area contributed by atoms with Crippen molar-refractivity contribution in [2.75, 3.05) is 7.11 Å². The van der Waals surface area contributed by atoms with Crippen molar-refractivity contribution in [2.24, 2.45) is 0 Å². The molecule has 0 aromatic carbocycles. The van der Waals surface area contributed by atoms with E-state index in [9.17, 15) is 22.8 Å². The molecule has 0 aromatic heterocycles. The van der Waals surface area contributed by atoms with E-state index in [-0.39, 0.29) is 0 Å². The van der Waals surface area contributed by atoms with E-state index in [4.69, 9.17) is 5.11 Å². The zero-order valence-electron chi connectivity index (χ0n) is 8.88. The van der Waals surface area contributed by atoms with Gasteiger partial charge in [0, 0.05) is 7.11 Å². The van der Waals surface area contributed by atoms with E-state index in [0.717, 1.165) is 7.11 Å². The highest BCUT2D eigenvalue weighted by Crippen LogP contribution is 2.30. The third-order valence-electron chi connectivity index (χ3n) is 2.09. The number of carbonyl (C=O) groups is 2. The molecule has 0 heterocycles. The van der Waals surface area contributed by atoms with Crippen molar-refractivity contribution in [3.05, 3.63) is 0 Å². The zero-order valence-corrected chi connectivity index (χ0v) is 8.88. The number of carboxylic acids is 1. The molecule has 0 saturated carbocycles. The lowest BCUT2D eigenvalue weighted by atomic mass is 10.0. The fourth-order valence-corrected chi connectivity index (χ4v) is 0.701. The van der Waals surface area contributed by atoms with E-state index in [1.165, 1.54) is 12.2 Å². The molecule has 0 spiro atoms. The Kier molecular flexibility index (Phi) is 4.30. The van der Waals surface area contributed by atoms with Crippen LogP contribution in [-0.4, -0.2) is 41.9 Å². The Labute approximate surface area is 89.6 Å². The smallest absolute Gasteiger partial charge is 0.422 e. The van der Waals surface area contributed by atoms with Crippen LogP contribution in [0.25, 0.3) is 0 Å². The van der Waals surface area contributed by atoms with Gasteiger partial charge in [-0.2, -0.15) is 13.2 Å². The predicted octanol–water partition coefficient (Wildman–Crippen LogP) is 0.543. The summed E-state index contributed by atoms with van der Waals surface area (Å²) in [6.07, 6.45) is -6.26. The van der Waals surface area contributed by atoms with Crippen LogP contribution in [-0.2, 0) is 14.3 Å². The summed E-state index contributed by atoms with van der Waals surface area (Å²) in [5.41, 5.74) is -3.32. The summed E-state index contributed by atoms with van der Waals surface area (Å²) < 4.78 is 41.8. The van der Waals surface area contributed by atoms with E-state index in [1.54, 1.807) is 0 Å². The van der Waals surface area contributed by atoms with Crippen LogP contribution in [0.1, 0.15) is 13.8 Å². The summed E-state index contributed by atoms with van der Waals surface area (Å²) in [5, 5.41) is 9.89. The minimum Gasteiger partial charge on any atom is -0.479 e. The van der Waals surface area contributed by atoms with Crippen molar-refractivity contribution in [1.29, 1.82) is 0 Å². The molecule has 0 saturated heterocycles. The van der Waals surface area contributed by atoms with Gasteiger partial charge in [0.25, 0.3) is 0 Å². The molecule has 0 aliphatic heterocycles. The lowest BCUT2D eigenvalue weighted by Crippen LogP contribution is -2.63. The molecule has 2 N–H and O–H groups in total. The molecule has 0 rings (SSSR count). The van der Waals surface area contributed by atoms with Gasteiger partial charge in [0.2, 0.25) is 11.4 Å². The Morgan fingerprint density at radius 1 is 1.38 bits per heavy atom. The van der Waals surface area contributed by atoms with Crippen LogP contribution in [0.15, 0.2) is 0 Å². The maximum Gasteiger partial charge on any atom is 0.422 e. The minimum absolute atomic E-state index is 0.371. The van der Waals surface area contributed by atoms with Gasteiger partial charge < -0.3 is 15.2 Å². The minimum atomic E-state index is -5.10. The van der Waals surface area contributed by atoms with Crippen molar-refractivity contribution in [3.63, 3.8) is 0 Å². The van der Waals surface area contributed by atoms with Crippen molar-refractivity contribution in [1.82, 2.24) is 5.32 Å². The molecular formula is C8H12F3NO4. The van der Waals surface area contributed by atoms with Crippen LogP contribution in [0, 0.1) is 0 Å². The van der Waals surface area contributed by atoms with Crippen LogP contribution < -0.4 is 5.32 Å². The number of carbonyl (C=O) groups excluding carboxylic acids is 1. The fourth-order valence-electron chi connectivity index (χ4n) is 0.701. The monoisotopic (exact) mass is 243 g/mol. The maximum absolute atomic E-state index is 12.4. The number of rotatable bonds is 4. The molecule has 0 bridgehead atoms. The van der Waals surface area contributed by atoms with Crippen molar-refractivity contribution in [2.45, 2.75) is 31.7 Å². The van der Waals surface area contributed by atoms with Gasteiger partial charge in [-0.1, -0.05) is 0 Å². The Morgan fingerprint density at radius 2 is 1.81 bits per heavy atom. The van der Waals surface area contributed by atoms with Gasteiger partial charge in [0.1, 0.15) is 6.10 Å². The van der Waals surface area contributed by atoms with Gasteiger partial charge in [-0.05, 0) is 13.8 Å². The van der Waals surface area contributed by atoms with E-state index >= 15 is 0 Å². The summed E-state index contributed by atoms with van der Waals surface area (Å²) in [6, 6.07) is 0. The number of ether oxygens (including phenoxy) is 1. The van der Waals surface area contributed by atoms with Gasteiger partial charge in [-0.3, -0.25) is 4.79 Å². The SMILES string of the molecule is COC(C)C(=O)NC(C)(C(=O)O)C(F)(F)F. The van der Waals surface area contributed by atoms with Crippen LogP contribution in [0.3, 0.4) is 0 Å². The topological polar surface area (TPSA) is 75.6 Å². The number of aliphatic carboxylic acids is 1. The number of carboxylic acid groups (broad SMARTS) is 1. The summed E-state index contributed by atoms with van der Waals surface area (Å²) in [6.45, 7) is 1.57. The first-order chi connectivity index (χ1) is 7.06. The van der Waals surface area contributed by atoms with E-state index in [0.29, 0.717) is 6.92 Å². The zero-order chi connectivity index (χ0) is 13.1. The normalized spacial score (nSPS) is 17.4. The Hall–Kier alpha value is -1.31. The van der Waals surface area contributed by atoms with Crippen molar-refractivity contribution >= 4 is 11.9 Å². The lowest BCUT2D eigenvalue weighted by molar-refractivity contribution is -0.207. The largest absolute Gasteiger partial charge is 0.479 e. The second-order valence-corrected chi connectivity index (χ2v) is 3.30. The molecule has 0 aliphatic rings. The molecule has 0 aromatic rings. The highest BCUT2D eigenvalue weighted by molar-refractivity contribution is 5.89. The predicted molar refractivity (Wildman–Crippen MR) is 46.7 cm³/mol. The first-order valence-corrected chi connectivity index (χ1v) is 4.21. The number of methoxy groups -OCH3 is 1. The first-order valence-electron chi connectivity index (χ1n) is 4.21. The molecule has 8 heteroatoms. The lowest BCUT2D eigenvalue weighted by Gasteiger charge is -2.29. The van der Waals surface area contributed by atoms with Crippen LogP contribution in [0.5, 0.6) is 0 Å². The van der Waals surface area contributed by atoms with Gasteiger partial charge in [0.05, 0.1) is 0 Å². The number of amides is 1. The molecule has 2 atom stereocenters. The van der Waals surface area contributed by atoms with Gasteiger partial charge in [0.15, 0.2) is 0 Å². The van der Waals surface area contributed by atoms with Gasteiger partial charge in [-0.25, -0.2) is 4.79 Å². The van der Waals surface area contributed by atoms with Crippen molar-refractivity contribution < 1.29 is 32.6 Å². The van der Waals surface area contributed by atoms with Gasteiger partial charge >= 0.3 is 12.1 Å². The Balaban J connectivity index is 4.99. The van der Waals surface area contributed by atoms with Crippen LogP contribution in [0.4, 0.5) is 13.2 Å². The molecule has 1 amide bonds. The highest BCUT2D eigenvalue weighted by atomic mass is 19.4. The summed E-state index contributed by atoms with van der Waals surface area (Å²) in [5.74, 6) is -3.33. The first kappa shape index (κ1) is 14.7. The Bertz CT molecular complexity index is 291. The Morgan fingerprint density at radius 3 is 2.06 bits per heavy atom. The van der Waals surface area contributed by atoms with E-state index < -0.39 is 29.7 Å². The summed E-state index contributed by atoms with van der Waals surface area (Å²) in [4.78, 5) is 21.7. The van der Waals surface area contributed by atoms with Crippen LogP contribution >= 0.6 is 0 Å². The number of alkyl halides is 3. The quantitative estimate of drug-likeness (QED) is 0.755. The summed E-state index contributed by atoms with van der Waals surface area (Å²) in [7, 11) is 1.12. The third kappa shape index (κ3) is 2.84. The van der Waals surface area contributed by atoms with E-state index in [2.05, 4.69) is 4.74 Å². The molecule has 0 aliphatic carbocycles. The molecule has 0 fully saturated rings. The van der Waals surface area contributed by atoms with Gasteiger partial charge in [-0.15, -0.1) is 0 Å². The van der Waals surface area contributed by atoms with Crippen LogP contribution in [0.2, 0.25) is 0 Å². The van der Waals surface area contributed by atoms with E-state index in [1.807, 2.05) is 0 Å².